The second-order valence-electron chi connectivity index (χ2n) is 5.85. The first-order chi connectivity index (χ1) is 11.5. The number of aryl methyl sites for hydroxylation is 1. The van der Waals surface area contributed by atoms with Crippen molar-refractivity contribution < 1.29 is 9.59 Å². The third kappa shape index (κ3) is 3.30. The molecule has 5 heteroatoms. The van der Waals surface area contributed by atoms with Gasteiger partial charge in [0.2, 0.25) is 5.91 Å². The lowest BCUT2D eigenvalue weighted by atomic mass is 9.87. The summed E-state index contributed by atoms with van der Waals surface area (Å²) in [6.45, 7) is 5.85. The summed E-state index contributed by atoms with van der Waals surface area (Å²) in [6.07, 6.45) is 0. The normalized spacial score (nSPS) is 20.0. The van der Waals surface area contributed by atoms with E-state index >= 15 is 0 Å². The van der Waals surface area contributed by atoms with Crippen molar-refractivity contribution in [2.24, 2.45) is 5.92 Å². The van der Waals surface area contributed by atoms with Gasteiger partial charge >= 0.3 is 6.03 Å². The smallest absolute Gasteiger partial charge is 0.319 e. The van der Waals surface area contributed by atoms with Gasteiger partial charge in [-0.3, -0.25) is 4.79 Å². The van der Waals surface area contributed by atoms with Crippen LogP contribution in [0.2, 0.25) is 0 Å². The molecule has 0 spiro atoms. The summed E-state index contributed by atoms with van der Waals surface area (Å²) in [4.78, 5) is 24.6. The number of carbonyl (C=O) groups is 2. The van der Waals surface area contributed by atoms with Crippen LogP contribution in [0.5, 0.6) is 0 Å². The van der Waals surface area contributed by atoms with Gasteiger partial charge in [0.15, 0.2) is 0 Å². The minimum atomic E-state index is -0.607. The van der Waals surface area contributed by atoms with Gasteiger partial charge in [-0.25, -0.2) is 4.79 Å². The van der Waals surface area contributed by atoms with Crippen LogP contribution in [0.25, 0.3) is 0 Å². The van der Waals surface area contributed by atoms with Crippen molar-refractivity contribution in [1.29, 1.82) is 0 Å². The third-order valence-corrected chi connectivity index (χ3v) is 3.99. The Labute approximate surface area is 140 Å². The molecule has 1 fully saturated rings. The molecule has 3 N–H and O–H groups in total. The van der Waals surface area contributed by atoms with Crippen molar-refractivity contribution in [3.63, 3.8) is 0 Å². The van der Waals surface area contributed by atoms with Crippen LogP contribution in [-0.4, -0.2) is 11.9 Å². The minimum absolute atomic E-state index is 0.217. The van der Waals surface area contributed by atoms with E-state index in [1.165, 1.54) is 0 Å². The Morgan fingerprint density at radius 2 is 1.88 bits per heavy atom. The number of rotatable bonds is 3. The van der Waals surface area contributed by atoms with Gasteiger partial charge in [-0.1, -0.05) is 54.6 Å². The molecule has 2 atom stereocenters. The predicted octanol–water partition coefficient (Wildman–Crippen LogP) is 3.12. The molecular weight excluding hydrogens is 302 g/mol. The molecule has 0 aliphatic carbocycles. The van der Waals surface area contributed by atoms with E-state index in [-0.39, 0.29) is 11.9 Å². The number of carbonyl (C=O) groups excluding carboxylic acids is 2. The Bertz CT molecular complexity index is 786. The third-order valence-electron chi connectivity index (χ3n) is 3.99. The van der Waals surface area contributed by atoms with Crippen molar-refractivity contribution in [1.82, 2.24) is 10.6 Å². The molecule has 3 amide bonds. The second kappa shape index (κ2) is 6.58. The van der Waals surface area contributed by atoms with Crippen molar-refractivity contribution in [2.45, 2.75) is 13.0 Å². The fraction of sp³-hybridized carbons (Fsp3) is 0.158. The van der Waals surface area contributed by atoms with Gasteiger partial charge in [0.05, 0.1) is 6.04 Å². The lowest BCUT2D eigenvalue weighted by Gasteiger charge is -2.34. The maximum atomic E-state index is 12.8. The number of nitrogens with one attached hydrogen (secondary N) is 3. The van der Waals surface area contributed by atoms with Crippen LogP contribution in [0.4, 0.5) is 10.5 Å². The van der Waals surface area contributed by atoms with Crippen molar-refractivity contribution in [2.75, 3.05) is 5.32 Å². The summed E-state index contributed by atoms with van der Waals surface area (Å²) >= 11 is 0. The van der Waals surface area contributed by atoms with Crippen molar-refractivity contribution in [3.05, 3.63) is 78.0 Å². The van der Waals surface area contributed by atoms with Crippen LogP contribution in [0.3, 0.4) is 0 Å². The number of urea groups is 1. The first kappa shape index (κ1) is 15.8. The highest BCUT2D eigenvalue weighted by Crippen LogP contribution is 2.30. The number of para-hydroxylation sites is 1. The molecule has 0 bridgehead atoms. The highest BCUT2D eigenvalue weighted by atomic mass is 16.2. The quantitative estimate of drug-likeness (QED) is 0.813. The Morgan fingerprint density at radius 1 is 1.12 bits per heavy atom. The summed E-state index contributed by atoms with van der Waals surface area (Å²) in [5.41, 5.74) is 3.03. The molecule has 3 rings (SSSR count). The number of amides is 3. The summed E-state index contributed by atoms with van der Waals surface area (Å²) in [6, 6.07) is 16.2. The summed E-state index contributed by atoms with van der Waals surface area (Å²) in [7, 11) is 0. The molecule has 122 valence electrons. The first-order valence-corrected chi connectivity index (χ1v) is 7.73. The van der Waals surface area contributed by atoms with Gasteiger partial charge in [-0.05, 0) is 24.6 Å². The Morgan fingerprint density at radius 3 is 2.58 bits per heavy atom. The Hall–Kier alpha value is -3.08. The largest absolute Gasteiger partial charge is 0.330 e. The lowest BCUT2D eigenvalue weighted by molar-refractivity contribution is -0.119. The highest BCUT2D eigenvalue weighted by molar-refractivity contribution is 5.97. The van der Waals surface area contributed by atoms with Crippen LogP contribution < -0.4 is 16.0 Å². The molecular formula is C19H19N3O2. The summed E-state index contributed by atoms with van der Waals surface area (Å²) < 4.78 is 0. The number of hydrogen-bond donors (Lipinski definition) is 3. The van der Waals surface area contributed by atoms with E-state index in [0.29, 0.717) is 11.4 Å². The monoisotopic (exact) mass is 321 g/mol. The van der Waals surface area contributed by atoms with E-state index < -0.39 is 12.0 Å². The van der Waals surface area contributed by atoms with E-state index in [2.05, 4.69) is 22.5 Å². The molecule has 1 aliphatic heterocycles. The van der Waals surface area contributed by atoms with E-state index in [9.17, 15) is 9.59 Å². The van der Waals surface area contributed by atoms with Crippen molar-refractivity contribution >= 4 is 17.6 Å². The molecule has 5 nitrogen and oxygen atoms in total. The van der Waals surface area contributed by atoms with Crippen LogP contribution in [0, 0.1) is 12.8 Å². The molecule has 24 heavy (non-hydrogen) atoms. The molecule has 1 heterocycles. The molecule has 1 aliphatic rings. The van der Waals surface area contributed by atoms with E-state index in [0.717, 1.165) is 11.1 Å². The van der Waals surface area contributed by atoms with Crippen LogP contribution >= 0.6 is 0 Å². The minimum Gasteiger partial charge on any atom is -0.330 e. The molecule has 0 saturated carbocycles. The zero-order valence-electron chi connectivity index (χ0n) is 13.4. The SMILES string of the molecule is C=C1NC(=O)N[C@@H](c2cccc(C)c2)[C@@H]1C(=O)Nc1ccccc1. The maximum absolute atomic E-state index is 12.8. The average Bonchev–Trinajstić information content (AvgIpc) is 2.55. The molecule has 0 unspecified atom stereocenters. The van der Waals surface area contributed by atoms with E-state index in [1.807, 2.05) is 61.5 Å². The number of hydrogen-bond acceptors (Lipinski definition) is 2. The topological polar surface area (TPSA) is 70.2 Å². The number of anilines is 1. The predicted molar refractivity (Wildman–Crippen MR) is 93.3 cm³/mol. The maximum Gasteiger partial charge on any atom is 0.319 e. The fourth-order valence-electron chi connectivity index (χ4n) is 2.88. The summed E-state index contributed by atoms with van der Waals surface area (Å²) in [5, 5.41) is 8.32. The van der Waals surface area contributed by atoms with Crippen LogP contribution in [-0.2, 0) is 4.79 Å². The zero-order chi connectivity index (χ0) is 17.1. The van der Waals surface area contributed by atoms with Crippen LogP contribution in [0.1, 0.15) is 17.2 Å². The van der Waals surface area contributed by atoms with Gasteiger partial charge in [0, 0.05) is 11.4 Å². The molecule has 2 aromatic carbocycles. The van der Waals surface area contributed by atoms with Gasteiger partial charge in [-0.15, -0.1) is 0 Å². The fourth-order valence-corrected chi connectivity index (χ4v) is 2.88. The van der Waals surface area contributed by atoms with Crippen molar-refractivity contribution in [3.8, 4) is 0 Å². The Kier molecular flexibility index (Phi) is 4.33. The van der Waals surface area contributed by atoms with Gasteiger partial charge in [0.25, 0.3) is 0 Å². The molecule has 0 radical (unpaired) electrons. The molecule has 0 aromatic heterocycles. The number of benzene rings is 2. The average molecular weight is 321 g/mol. The highest BCUT2D eigenvalue weighted by Gasteiger charge is 2.37. The zero-order valence-corrected chi connectivity index (χ0v) is 13.4. The summed E-state index contributed by atoms with van der Waals surface area (Å²) in [5.74, 6) is -0.824. The van der Waals surface area contributed by atoms with E-state index in [1.54, 1.807) is 0 Å². The van der Waals surface area contributed by atoms with Gasteiger partial charge < -0.3 is 16.0 Å². The molecule has 2 aromatic rings. The van der Waals surface area contributed by atoms with Gasteiger partial charge in [-0.2, -0.15) is 0 Å². The molecule has 1 saturated heterocycles. The Balaban J connectivity index is 1.90. The van der Waals surface area contributed by atoms with E-state index in [4.69, 9.17) is 0 Å². The second-order valence-corrected chi connectivity index (χ2v) is 5.85. The standard InChI is InChI=1S/C19H19N3O2/c1-12-7-6-8-14(11-12)17-16(13(2)20-19(24)22-17)18(23)21-15-9-4-3-5-10-15/h3-11,16-17H,2H2,1H3,(H,21,23)(H2,20,22,24)/t16-,17+/m1/s1. The first-order valence-electron chi connectivity index (χ1n) is 7.73. The lowest BCUT2D eigenvalue weighted by Crippen LogP contribution is -2.51. The van der Waals surface area contributed by atoms with Gasteiger partial charge in [0.1, 0.15) is 5.92 Å². The van der Waals surface area contributed by atoms with Crippen LogP contribution in [0.15, 0.2) is 66.9 Å².